The van der Waals surface area contributed by atoms with Gasteiger partial charge in [0.15, 0.2) is 9.84 Å². The molecule has 214 valence electrons. The number of nitrogens with one attached hydrogen (secondary N) is 1. The lowest BCUT2D eigenvalue weighted by molar-refractivity contribution is 0.0685. The summed E-state index contributed by atoms with van der Waals surface area (Å²) in [6.45, 7) is -0.0771. The molecule has 0 fully saturated rings. The van der Waals surface area contributed by atoms with Crippen molar-refractivity contribution < 1.29 is 26.7 Å². The Hall–Kier alpha value is -4.26. The molecule has 0 saturated heterocycles. The van der Waals surface area contributed by atoms with Gasteiger partial charge in [-0.05, 0) is 71.1 Å². The number of sulfone groups is 1. The molecule has 0 amide bonds. The van der Waals surface area contributed by atoms with Gasteiger partial charge in [0.1, 0.15) is 5.69 Å². The first-order chi connectivity index (χ1) is 19.8. The quantitative estimate of drug-likeness (QED) is 0.227. The van der Waals surface area contributed by atoms with E-state index in [1.54, 1.807) is 54.6 Å². The van der Waals surface area contributed by atoms with Crippen LogP contribution in [0, 0.1) is 0 Å². The number of hydrogen-bond acceptors (Lipinski definition) is 6. The number of carboxylic acid groups (broad SMARTS) is 1. The maximum atomic E-state index is 13.6. The van der Waals surface area contributed by atoms with E-state index in [9.17, 15) is 31.5 Å². The number of pyridine rings is 1. The van der Waals surface area contributed by atoms with Crippen molar-refractivity contribution in [1.82, 2.24) is 4.57 Å². The van der Waals surface area contributed by atoms with Crippen LogP contribution < -0.4 is 10.3 Å². The number of aromatic carboxylic acids is 1. The predicted octanol–water partition coefficient (Wildman–Crippen LogP) is 5.38. The van der Waals surface area contributed by atoms with Gasteiger partial charge in [0.2, 0.25) is 0 Å². The van der Waals surface area contributed by atoms with E-state index in [4.69, 9.17) is 0 Å². The van der Waals surface area contributed by atoms with Gasteiger partial charge in [0, 0.05) is 27.4 Å². The number of carboxylic acids is 1. The van der Waals surface area contributed by atoms with E-state index in [0.29, 0.717) is 31.9 Å². The first-order valence-electron chi connectivity index (χ1n) is 12.4. The van der Waals surface area contributed by atoms with Gasteiger partial charge in [-0.25, -0.2) is 21.6 Å². The summed E-state index contributed by atoms with van der Waals surface area (Å²) < 4.78 is 53.4. The Labute approximate surface area is 250 Å². The standard InChI is InChI=1S/C30H23BrN2O7S2/c1-41(37,38)23-12-14-24(15-13-23)42(39,40)32-22-10-7-19(8-11-22)18-33-28(30(35)36)27(20-5-3-2-4-6-20)26-17-21(31)9-16-25(26)29(33)34/h2-17,32H,18H2,1H3,(H,35,36). The van der Waals surface area contributed by atoms with Crippen molar-refractivity contribution in [3.63, 3.8) is 0 Å². The zero-order valence-electron chi connectivity index (χ0n) is 22.0. The van der Waals surface area contributed by atoms with E-state index in [1.165, 1.54) is 41.0 Å². The smallest absolute Gasteiger partial charge is 0.353 e. The van der Waals surface area contributed by atoms with Crippen molar-refractivity contribution in [2.75, 3.05) is 11.0 Å². The summed E-state index contributed by atoms with van der Waals surface area (Å²) in [7, 11) is -7.50. The average Bonchev–Trinajstić information content (AvgIpc) is 2.95. The van der Waals surface area contributed by atoms with Crippen LogP contribution in [0.2, 0.25) is 0 Å². The molecule has 0 aliphatic carbocycles. The molecule has 5 aromatic rings. The van der Waals surface area contributed by atoms with E-state index < -0.39 is 31.4 Å². The van der Waals surface area contributed by atoms with Crippen molar-refractivity contribution in [1.29, 1.82) is 0 Å². The summed E-state index contributed by atoms with van der Waals surface area (Å²) in [5.41, 5.74) is 1.20. The SMILES string of the molecule is CS(=O)(=O)c1ccc(S(=O)(=O)Nc2ccc(Cn3c(C(=O)O)c(-c4ccccc4)c4cc(Br)ccc4c3=O)cc2)cc1. The van der Waals surface area contributed by atoms with Gasteiger partial charge in [0.05, 0.1) is 16.3 Å². The number of halogens is 1. The van der Waals surface area contributed by atoms with Crippen LogP contribution in [0.25, 0.3) is 21.9 Å². The van der Waals surface area contributed by atoms with Gasteiger partial charge in [-0.15, -0.1) is 0 Å². The maximum Gasteiger partial charge on any atom is 0.353 e. The number of anilines is 1. The van der Waals surface area contributed by atoms with E-state index in [-0.39, 0.29) is 27.7 Å². The Kier molecular flexibility index (Phi) is 7.80. The molecule has 0 aliphatic heterocycles. The molecule has 1 aromatic heterocycles. The number of nitrogens with zero attached hydrogens (tertiary/aromatic N) is 1. The van der Waals surface area contributed by atoms with Crippen LogP contribution >= 0.6 is 15.9 Å². The number of fused-ring (bicyclic) bond motifs is 1. The molecule has 12 heteroatoms. The molecule has 0 aliphatic rings. The van der Waals surface area contributed by atoms with Crippen LogP contribution in [0.15, 0.2) is 116 Å². The average molecular weight is 668 g/mol. The van der Waals surface area contributed by atoms with Gasteiger partial charge >= 0.3 is 5.97 Å². The third-order valence-corrected chi connectivity index (χ3v) is 9.63. The summed E-state index contributed by atoms with van der Waals surface area (Å²) in [4.78, 5) is 26.1. The van der Waals surface area contributed by atoms with Crippen LogP contribution in [0.5, 0.6) is 0 Å². The molecule has 9 nitrogen and oxygen atoms in total. The van der Waals surface area contributed by atoms with Crippen molar-refractivity contribution in [3.8, 4) is 11.1 Å². The fourth-order valence-electron chi connectivity index (χ4n) is 4.63. The zero-order valence-corrected chi connectivity index (χ0v) is 25.2. The van der Waals surface area contributed by atoms with E-state index in [2.05, 4.69) is 20.7 Å². The predicted molar refractivity (Wildman–Crippen MR) is 164 cm³/mol. The molecule has 0 saturated carbocycles. The highest BCUT2D eigenvalue weighted by Gasteiger charge is 2.23. The van der Waals surface area contributed by atoms with Gasteiger partial charge in [-0.3, -0.25) is 14.1 Å². The van der Waals surface area contributed by atoms with Gasteiger partial charge in [0.25, 0.3) is 15.6 Å². The molecule has 5 rings (SSSR count). The van der Waals surface area contributed by atoms with E-state index in [0.717, 1.165) is 6.26 Å². The molecule has 0 spiro atoms. The van der Waals surface area contributed by atoms with E-state index in [1.807, 2.05) is 6.07 Å². The van der Waals surface area contributed by atoms with Gasteiger partial charge in [-0.1, -0.05) is 58.4 Å². The maximum absolute atomic E-state index is 13.6. The highest BCUT2D eigenvalue weighted by atomic mass is 79.9. The lowest BCUT2D eigenvalue weighted by Gasteiger charge is -2.18. The molecular formula is C30H23BrN2O7S2. The fraction of sp³-hybridized carbons (Fsp3) is 0.0667. The lowest BCUT2D eigenvalue weighted by atomic mass is 9.96. The van der Waals surface area contributed by atoms with Crippen LogP contribution in [-0.2, 0) is 26.4 Å². The molecule has 2 N–H and O–H groups in total. The van der Waals surface area contributed by atoms with Crippen LogP contribution in [-0.4, -0.2) is 38.7 Å². The number of aromatic nitrogens is 1. The molecular weight excluding hydrogens is 644 g/mol. The molecule has 0 atom stereocenters. The van der Waals surface area contributed by atoms with Gasteiger partial charge in [-0.2, -0.15) is 0 Å². The minimum absolute atomic E-state index is 0.00137. The van der Waals surface area contributed by atoms with Crippen molar-refractivity contribution in [3.05, 3.63) is 123 Å². The summed E-state index contributed by atoms with van der Waals surface area (Å²) in [5, 5.41) is 11.2. The summed E-state index contributed by atoms with van der Waals surface area (Å²) in [6, 6.07) is 25.1. The van der Waals surface area contributed by atoms with Crippen LogP contribution in [0.3, 0.4) is 0 Å². The second-order valence-corrected chi connectivity index (χ2v) is 14.1. The number of carbonyl (C=O) groups is 1. The highest BCUT2D eigenvalue weighted by molar-refractivity contribution is 9.10. The van der Waals surface area contributed by atoms with Crippen molar-refractivity contribution in [2.45, 2.75) is 16.3 Å². The minimum Gasteiger partial charge on any atom is -0.477 e. The highest BCUT2D eigenvalue weighted by Crippen LogP contribution is 2.33. The van der Waals surface area contributed by atoms with Crippen LogP contribution in [0.4, 0.5) is 5.69 Å². The largest absolute Gasteiger partial charge is 0.477 e. The third kappa shape index (κ3) is 5.87. The second-order valence-electron chi connectivity index (χ2n) is 9.52. The fourth-order valence-corrected chi connectivity index (χ4v) is 6.68. The molecule has 1 heterocycles. The molecule has 42 heavy (non-hydrogen) atoms. The number of sulfonamides is 1. The number of rotatable bonds is 8. The second kappa shape index (κ2) is 11.2. The molecule has 0 radical (unpaired) electrons. The Morgan fingerprint density at radius 2 is 1.45 bits per heavy atom. The molecule has 0 bridgehead atoms. The van der Waals surface area contributed by atoms with Gasteiger partial charge < -0.3 is 5.11 Å². The number of hydrogen-bond donors (Lipinski definition) is 2. The zero-order chi connectivity index (χ0) is 30.2. The van der Waals surface area contributed by atoms with Crippen LogP contribution in [0.1, 0.15) is 16.1 Å². The Morgan fingerprint density at radius 3 is 2.05 bits per heavy atom. The normalized spacial score (nSPS) is 11.9. The summed E-state index contributed by atoms with van der Waals surface area (Å²) >= 11 is 3.42. The Balaban J connectivity index is 1.52. The number of benzene rings is 4. The lowest BCUT2D eigenvalue weighted by Crippen LogP contribution is -2.28. The topological polar surface area (TPSA) is 140 Å². The monoisotopic (exact) mass is 666 g/mol. The third-order valence-electron chi connectivity index (χ3n) is 6.61. The first kappa shape index (κ1) is 29.2. The Bertz CT molecular complexity index is 2110. The van der Waals surface area contributed by atoms with Crippen molar-refractivity contribution >= 4 is 58.2 Å². The first-order valence-corrected chi connectivity index (χ1v) is 16.6. The summed E-state index contributed by atoms with van der Waals surface area (Å²) in [5.74, 6) is -1.26. The van der Waals surface area contributed by atoms with E-state index >= 15 is 0 Å². The Morgan fingerprint density at radius 1 is 0.833 bits per heavy atom. The molecule has 4 aromatic carbocycles. The molecule has 0 unspecified atom stereocenters. The van der Waals surface area contributed by atoms with Crippen molar-refractivity contribution in [2.24, 2.45) is 0 Å². The summed E-state index contributed by atoms with van der Waals surface area (Å²) in [6.07, 6.45) is 1.03. The minimum atomic E-state index is -4.02.